The van der Waals surface area contributed by atoms with E-state index in [4.69, 9.17) is 9.47 Å². The maximum atomic E-state index is 13.0. The van der Waals surface area contributed by atoms with E-state index in [2.05, 4.69) is 9.97 Å². The van der Waals surface area contributed by atoms with E-state index in [1.807, 2.05) is 6.92 Å². The Labute approximate surface area is 160 Å². The van der Waals surface area contributed by atoms with Gasteiger partial charge in [0.05, 0.1) is 19.4 Å². The monoisotopic (exact) mass is 386 g/mol. The lowest BCUT2D eigenvalue weighted by atomic mass is 10.1. The highest BCUT2D eigenvalue weighted by molar-refractivity contribution is 5.90. The molecule has 3 rings (SSSR count). The highest BCUT2D eigenvalue weighted by Crippen LogP contribution is 2.33. The van der Waals surface area contributed by atoms with Crippen molar-refractivity contribution in [2.45, 2.75) is 33.9 Å². The average molecular weight is 386 g/mol. The summed E-state index contributed by atoms with van der Waals surface area (Å²) in [6, 6.07) is 5.09. The van der Waals surface area contributed by atoms with E-state index in [0.29, 0.717) is 23.7 Å². The zero-order chi connectivity index (χ0) is 20.4. The minimum atomic E-state index is -0.647. The first-order valence-corrected chi connectivity index (χ1v) is 9.05. The van der Waals surface area contributed by atoms with Gasteiger partial charge in [-0.25, -0.2) is 9.59 Å². The van der Waals surface area contributed by atoms with Gasteiger partial charge < -0.3 is 14.5 Å². The van der Waals surface area contributed by atoms with Gasteiger partial charge in [-0.15, -0.1) is 0 Å². The van der Waals surface area contributed by atoms with Gasteiger partial charge in [-0.05, 0) is 39.0 Å². The predicted octanol–water partition coefficient (Wildman–Crippen LogP) is 1.36. The molecule has 0 radical (unpaired) electrons. The van der Waals surface area contributed by atoms with Crippen LogP contribution in [0.1, 0.15) is 20.8 Å². The zero-order valence-corrected chi connectivity index (χ0v) is 16.2. The number of H-pyrrole nitrogens is 1. The average Bonchev–Trinajstić information content (AvgIpc) is 2.68. The van der Waals surface area contributed by atoms with Gasteiger partial charge in [0.1, 0.15) is 5.39 Å². The van der Waals surface area contributed by atoms with E-state index in [0.717, 1.165) is 4.57 Å². The minimum absolute atomic E-state index is 0.0646. The van der Waals surface area contributed by atoms with Crippen molar-refractivity contribution in [1.29, 1.82) is 0 Å². The van der Waals surface area contributed by atoms with Crippen LogP contribution < -0.4 is 26.4 Å². The molecular formula is C19H22N4O5. The molecule has 0 atom stereocenters. The first-order valence-electron chi connectivity index (χ1n) is 9.05. The summed E-state index contributed by atoms with van der Waals surface area (Å²) in [6.45, 7) is 6.22. The fraction of sp³-hybridized carbons (Fsp3) is 0.368. The maximum Gasteiger partial charge on any atom is 0.347 e. The van der Waals surface area contributed by atoms with Crippen molar-refractivity contribution >= 4 is 11.0 Å². The lowest BCUT2D eigenvalue weighted by Gasteiger charge is -2.14. The van der Waals surface area contributed by atoms with Crippen LogP contribution in [0.3, 0.4) is 0 Å². The molecular weight excluding hydrogens is 364 g/mol. The van der Waals surface area contributed by atoms with Crippen molar-refractivity contribution in [3.63, 3.8) is 0 Å². The lowest BCUT2D eigenvalue weighted by molar-refractivity contribution is 0.311. The van der Waals surface area contributed by atoms with Gasteiger partial charge >= 0.3 is 11.4 Å². The molecule has 0 aliphatic rings. The van der Waals surface area contributed by atoms with E-state index >= 15 is 0 Å². The van der Waals surface area contributed by atoms with Crippen molar-refractivity contribution in [3.05, 3.63) is 49.5 Å². The Hall–Kier alpha value is -3.36. The summed E-state index contributed by atoms with van der Waals surface area (Å²) in [5.74, 6) is 1.01. The van der Waals surface area contributed by atoms with Crippen molar-refractivity contribution in [2.75, 3.05) is 13.7 Å². The summed E-state index contributed by atoms with van der Waals surface area (Å²) in [5.41, 5.74) is -0.736. The molecule has 3 aromatic rings. The van der Waals surface area contributed by atoms with Crippen molar-refractivity contribution < 1.29 is 9.47 Å². The largest absolute Gasteiger partial charge is 0.493 e. The van der Waals surface area contributed by atoms with Crippen LogP contribution in [0.15, 0.2) is 32.6 Å². The Balaban J connectivity index is 2.46. The third-order valence-corrected chi connectivity index (χ3v) is 4.47. The fourth-order valence-corrected chi connectivity index (χ4v) is 3.20. The van der Waals surface area contributed by atoms with Gasteiger partial charge in [0, 0.05) is 18.7 Å². The first kappa shape index (κ1) is 19.4. The van der Waals surface area contributed by atoms with Crippen LogP contribution in [0.5, 0.6) is 11.5 Å². The van der Waals surface area contributed by atoms with Gasteiger partial charge in [-0.3, -0.25) is 13.9 Å². The smallest absolute Gasteiger partial charge is 0.347 e. The van der Waals surface area contributed by atoms with Gasteiger partial charge in [0.25, 0.3) is 5.56 Å². The Bertz CT molecular complexity index is 1210. The van der Waals surface area contributed by atoms with Gasteiger partial charge in [-0.2, -0.15) is 4.98 Å². The van der Waals surface area contributed by atoms with Crippen LogP contribution in [0.4, 0.5) is 0 Å². The normalized spacial score (nSPS) is 11.0. The molecule has 0 saturated heterocycles. The van der Waals surface area contributed by atoms with Gasteiger partial charge in [0.2, 0.25) is 0 Å². The number of ether oxygens (including phenoxy) is 2. The Morgan fingerprint density at radius 3 is 2.36 bits per heavy atom. The molecule has 0 unspecified atom stereocenters. The lowest BCUT2D eigenvalue weighted by Crippen LogP contribution is -2.41. The number of hydrogen-bond donors (Lipinski definition) is 1. The first-order chi connectivity index (χ1) is 13.5. The van der Waals surface area contributed by atoms with E-state index < -0.39 is 16.9 Å². The number of aryl methyl sites for hydroxylation is 1. The van der Waals surface area contributed by atoms with Crippen LogP contribution in [-0.2, 0) is 13.1 Å². The summed E-state index contributed by atoms with van der Waals surface area (Å²) in [4.78, 5) is 44.4. The Morgan fingerprint density at radius 2 is 1.75 bits per heavy atom. The number of aromatic nitrogens is 4. The fourth-order valence-electron chi connectivity index (χ4n) is 3.20. The second-order valence-corrected chi connectivity index (χ2v) is 5.99. The summed E-state index contributed by atoms with van der Waals surface area (Å²) in [5, 5.41) is 0.176. The maximum absolute atomic E-state index is 13.0. The quantitative estimate of drug-likeness (QED) is 0.685. The molecule has 1 aromatic carbocycles. The van der Waals surface area contributed by atoms with Crippen molar-refractivity contribution in [2.24, 2.45) is 0 Å². The minimum Gasteiger partial charge on any atom is -0.493 e. The predicted molar refractivity (Wildman–Crippen MR) is 105 cm³/mol. The van der Waals surface area contributed by atoms with E-state index in [1.54, 1.807) is 32.0 Å². The summed E-state index contributed by atoms with van der Waals surface area (Å²) < 4.78 is 13.3. The van der Waals surface area contributed by atoms with Crippen molar-refractivity contribution in [3.8, 4) is 22.8 Å². The number of aromatic amines is 1. The molecule has 2 heterocycles. The Kier molecular flexibility index (Phi) is 5.34. The number of hydrogen-bond acceptors (Lipinski definition) is 6. The second kappa shape index (κ2) is 7.71. The number of nitrogens with one attached hydrogen (secondary N) is 1. The molecule has 1 N–H and O–H groups in total. The molecule has 0 amide bonds. The van der Waals surface area contributed by atoms with Crippen molar-refractivity contribution in [1.82, 2.24) is 19.1 Å². The van der Waals surface area contributed by atoms with Gasteiger partial charge in [0.15, 0.2) is 17.1 Å². The molecule has 2 aromatic heterocycles. The summed E-state index contributed by atoms with van der Waals surface area (Å²) in [6.07, 6.45) is 0. The van der Waals surface area contributed by atoms with Gasteiger partial charge in [-0.1, -0.05) is 0 Å². The topological polar surface area (TPSA) is 108 Å². The van der Waals surface area contributed by atoms with Crippen LogP contribution in [0, 0.1) is 0 Å². The molecule has 0 bridgehead atoms. The van der Waals surface area contributed by atoms with Crippen LogP contribution in [0.2, 0.25) is 0 Å². The Morgan fingerprint density at radius 1 is 1.04 bits per heavy atom. The van der Waals surface area contributed by atoms with Crippen LogP contribution >= 0.6 is 0 Å². The van der Waals surface area contributed by atoms with E-state index in [-0.39, 0.29) is 29.8 Å². The third-order valence-electron chi connectivity index (χ3n) is 4.47. The van der Waals surface area contributed by atoms with E-state index in [1.165, 1.54) is 11.7 Å². The molecule has 0 saturated carbocycles. The molecule has 9 heteroatoms. The molecule has 148 valence electrons. The van der Waals surface area contributed by atoms with E-state index in [9.17, 15) is 14.4 Å². The number of methoxy groups -OCH3 is 1. The van der Waals surface area contributed by atoms with Crippen LogP contribution in [0.25, 0.3) is 22.3 Å². The summed E-state index contributed by atoms with van der Waals surface area (Å²) in [7, 11) is 1.53. The molecule has 0 fully saturated rings. The molecule has 0 aliphatic heterocycles. The number of benzene rings is 1. The zero-order valence-electron chi connectivity index (χ0n) is 16.2. The van der Waals surface area contributed by atoms with Crippen LogP contribution in [-0.4, -0.2) is 32.8 Å². The molecule has 0 aliphatic carbocycles. The summed E-state index contributed by atoms with van der Waals surface area (Å²) >= 11 is 0. The highest BCUT2D eigenvalue weighted by Gasteiger charge is 2.19. The second-order valence-electron chi connectivity index (χ2n) is 5.99. The number of rotatable bonds is 6. The SMILES string of the molecule is CCOc1cc(-c2[nH]c(=O)nc3c2c(=O)n(CC)c(=O)n3CC)ccc1OC. The standard InChI is InChI=1S/C19H22N4O5/c1-5-22-16-14(17(24)23(6-2)19(22)26)15(20-18(25)21-16)11-8-9-12(27-4)13(10-11)28-7-3/h8-10H,5-7H2,1-4H3,(H,20,21,25). The number of nitrogens with zero attached hydrogens (tertiary/aromatic N) is 3. The highest BCUT2D eigenvalue weighted by atomic mass is 16.5. The molecule has 9 nitrogen and oxygen atoms in total. The molecule has 0 spiro atoms. The number of fused-ring (bicyclic) bond motifs is 1. The third kappa shape index (κ3) is 3.08. The molecule has 28 heavy (non-hydrogen) atoms.